The van der Waals surface area contributed by atoms with Crippen LogP contribution in [-0.4, -0.2) is 192 Å². The third-order valence-electron chi connectivity index (χ3n) is 16.9. The van der Waals surface area contributed by atoms with Crippen molar-refractivity contribution >= 4 is 45.4 Å². The van der Waals surface area contributed by atoms with E-state index in [-0.39, 0.29) is 31.7 Å². The van der Waals surface area contributed by atoms with Gasteiger partial charge in [0.1, 0.15) is 72.6 Å². The summed E-state index contributed by atoms with van der Waals surface area (Å²) in [6, 6.07) is 31.1. The maximum absolute atomic E-state index is 10.0. The van der Waals surface area contributed by atoms with Crippen LogP contribution in [0.4, 0.5) is 5.82 Å². The fourth-order valence-corrected chi connectivity index (χ4v) is 11.9. The van der Waals surface area contributed by atoms with Crippen LogP contribution in [0.25, 0.3) is 84.4 Å². The van der Waals surface area contributed by atoms with Crippen molar-refractivity contribution in [2.75, 3.05) is 98.9 Å². The van der Waals surface area contributed by atoms with Crippen molar-refractivity contribution < 1.29 is 39.0 Å². The SMILES string of the molecule is CNCC(O)COc1cc(Cl)cc(-c2cc(-c3ccn[nH]3)nc3c(C(C)C)cnn23)c1.CNCC(O)COc1cc(OC)cc(-c2cc(N3CCOCC3)nc3c(C4CC4)cnn23)c1.CNCC(O)COc1cccc(-c2cc(-c3cnc4[nH]ccc4c3)nc3c(C(C)C)cnn23)c1. The Morgan fingerprint density at radius 2 is 1.16 bits per heavy atom. The lowest BCUT2D eigenvalue weighted by Gasteiger charge is -2.28. The summed E-state index contributed by atoms with van der Waals surface area (Å²) in [5.41, 5.74) is 15.4. The highest BCUT2D eigenvalue weighted by Gasteiger charge is 2.30. The van der Waals surface area contributed by atoms with E-state index in [1.165, 1.54) is 18.4 Å². The van der Waals surface area contributed by atoms with Gasteiger partial charge in [0.05, 0.1) is 73.1 Å². The molecule has 26 heteroatoms. The summed E-state index contributed by atoms with van der Waals surface area (Å²) in [6.07, 6.45) is 11.7. The Morgan fingerprint density at radius 1 is 0.592 bits per heavy atom. The summed E-state index contributed by atoms with van der Waals surface area (Å²) in [5.74, 6) is 4.58. The van der Waals surface area contributed by atoms with Crippen LogP contribution >= 0.6 is 11.6 Å². The minimum absolute atomic E-state index is 0.158. The Labute approximate surface area is 572 Å². The van der Waals surface area contributed by atoms with Crippen molar-refractivity contribution in [2.45, 2.75) is 76.6 Å². The van der Waals surface area contributed by atoms with Crippen LogP contribution in [0.1, 0.15) is 75.0 Å². The zero-order chi connectivity index (χ0) is 68.4. The number of hydrogen-bond donors (Lipinski definition) is 8. The third-order valence-corrected chi connectivity index (χ3v) is 17.1. The normalized spacial score (nSPS) is 14.2. The van der Waals surface area contributed by atoms with Gasteiger partial charge in [0.25, 0.3) is 0 Å². The van der Waals surface area contributed by atoms with Gasteiger partial charge in [-0.1, -0.05) is 51.4 Å². The number of benzene rings is 3. The number of rotatable bonds is 25. The number of H-pyrrole nitrogens is 2. The van der Waals surface area contributed by atoms with Crippen LogP contribution in [0.15, 0.2) is 134 Å². The van der Waals surface area contributed by atoms with Gasteiger partial charge in [-0.05, 0) is 125 Å². The number of aromatic amines is 2. The summed E-state index contributed by atoms with van der Waals surface area (Å²) >= 11 is 6.41. The zero-order valence-electron chi connectivity index (χ0n) is 56.3. The number of morpholine rings is 1. The highest BCUT2D eigenvalue weighted by atomic mass is 35.5. The number of methoxy groups -OCH3 is 1. The van der Waals surface area contributed by atoms with E-state index in [0.717, 1.165) is 114 Å². The molecule has 9 aromatic heterocycles. The van der Waals surface area contributed by atoms with Gasteiger partial charge in [-0.3, -0.25) is 5.10 Å². The number of anilines is 1. The van der Waals surface area contributed by atoms with Gasteiger partial charge in [-0.2, -0.15) is 20.4 Å². The van der Waals surface area contributed by atoms with Gasteiger partial charge >= 0.3 is 0 Å². The summed E-state index contributed by atoms with van der Waals surface area (Å²) < 4.78 is 34.3. The molecule has 25 nitrogen and oxygen atoms in total. The van der Waals surface area contributed by atoms with E-state index in [2.05, 4.69) is 91.0 Å². The number of halogens is 1. The van der Waals surface area contributed by atoms with E-state index in [0.29, 0.717) is 66.8 Å². The molecule has 512 valence electrons. The minimum atomic E-state index is -0.619. The molecule has 12 aromatic rings. The smallest absolute Gasteiger partial charge is 0.161 e. The Bertz CT molecular complexity index is 4640. The number of nitrogens with one attached hydrogen (secondary N) is 5. The molecule has 10 heterocycles. The molecule has 1 saturated heterocycles. The second-order valence-corrected chi connectivity index (χ2v) is 25.5. The van der Waals surface area contributed by atoms with Crippen molar-refractivity contribution in [1.29, 1.82) is 0 Å². The lowest BCUT2D eigenvalue weighted by Crippen LogP contribution is -2.36. The molecule has 2 aliphatic rings. The molecule has 0 bridgehead atoms. The van der Waals surface area contributed by atoms with Crippen LogP contribution in [-0.2, 0) is 4.74 Å². The average Bonchev–Trinajstić information content (AvgIpc) is 1.56. The van der Waals surface area contributed by atoms with E-state index in [1.54, 1.807) is 40.5 Å². The van der Waals surface area contributed by atoms with E-state index in [1.807, 2.05) is 123 Å². The second kappa shape index (κ2) is 31.3. The van der Waals surface area contributed by atoms with Gasteiger partial charge in [0.15, 0.2) is 16.9 Å². The lowest BCUT2D eigenvalue weighted by molar-refractivity contribution is 0.108. The number of ether oxygens (including phenoxy) is 5. The Balaban J connectivity index is 0.000000140. The molecular weight excluding hydrogens is 1270 g/mol. The summed E-state index contributed by atoms with van der Waals surface area (Å²) in [5, 5.41) is 61.4. The monoisotopic (exact) mass is 1350 g/mol. The van der Waals surface area contributed by atoms with Crippen LogP contribution < -0.4 is 39.8 Å². The predicted molar refractivity (Wildman–Crippen MR) is 379 cm³/mol. The van der Waals surface area contributed by atoms with E-state index < -0.39 is 18.3 Å². The fraction of sp³-hybridized carbons (Fsp3) is 0.361. The van der Waals surface area contributed by atoms with Crippen molar-refractivity contribution in [1.82, 2.24) is 79.9 Å². The topological polar surface area (TPSA) is 294 Å². The molecule has 1 aliphatic carbocycles. The van der Waals surface area contributed by atoms with E-state index in [9.17, 15) is 15.3 Å². The first kappa shape index (κ1) is 68.4. The fourth-order valence-electron chi connectivity index (χ4n) is 11.7. The van der Waals surface area contributed by atoms with Crippen molar-refractivity contribution in [3.05, 3.63) is 156 Å². The number of aromatic nitrogens is 13. The maximum Gasteiger partial charge on any atom is 0.161 e. The molecule has 8 N–H and O–H groups in total. The zero-order valence-corrected chi connectivity index (χ0v) is 57.0. The molecule has 3 aromatic carbocycles. The molecular formula is C72H84ClN17O8. The Morgan fingerprint density at radius 3 is 1.79 bits per heavy atom. The molecule has 0 radical (unpaired) electrons. The maximum atomic E-state index is 10.0. The van der Waals surface area contributed by atoms with Gasteiger partial charge in [0.2, 0.25) is 0 Å². The first-order valence-electron chi connectivity index (χ1n) is 33.0. The number of fused-ring (bicyclic) bond motifs is 4. The number of aliphatic hydroxyl groups is 3. The Kier molecular flexibility index (Phi) is 21.8. The predicted octanol–water partition coefficient (Wildman–Crippen LogP) is 9.62. The van der Waals surface area contributed by atoms with E-state index in [4.69, 9.17) is 55.3 Å². The van der Waals surface area contributed by atoms with Gasteiger partial charge < -0.3 is 64.8 Å². The van der Waals surface area contributed by atoms with Crippen molar-refractivity contribution in [3.63, 3.8) is 0 Å². The molecule has 3 unspecified atom stereocenters. The standard InChI is InChI=1S/C26H28N6O2.C24H31N5O4.C22H25ClN6O2/c1-16(2)22-14-30-32-24(17-5-4-6-21(10-17)34-15-20(33)13-27-3)11-23(31-26(22)32)19-9-18-7-8-28-25(18)29-12-19;1-25-13-18(30)15-33-20-10-17(9-19(11-20)31-2)22-12-23(28-5-7-32-8-6-28)27-24-21(16-3-4-16)14-26-29(22)24;1-13(2)18-11-26-29-21(9-20(27-22(18)29)19-4-5-25-28-19)14-6-15(23)8-17(7-14)31-12-16(30)10-24-3/h4-12,14,16,20,27,33H,13,15H2,1-3H3,(H,28,29);9-12,14,16,18,25,30H,3-8,13,15H2,1-2H3;4-9,11,13,16,24,30H,10,12H2,1-3H3,(H,25,28). The molecule has 0 amide bonds. The van der Waals surface area contributed by atoms with Gasteiger partial charge in [0, 0.05) is 113 Å². The Hall–Kier alpha value is -9.57. The molecule has 0 spiro atoms. The van der Waals surface area contributed by atoms with Crippen LogP contribution in [0.2, 0.25) is 5.02 Å². The van der Waals surface area contributed by atoms with Crippen LogP contribution in [0.5, 0.6) is 23.0 Å². The van der Waals surface area contributed by atoms with Crippen molar-refractivity contribution in [2.24, 2.45) is 0 Å². The molecule has 1 saturated carbocycles. The largest absolute Gasteiger partial charge is 0.497 e. The molecule has 98 heavy (non-hydrogen) atoms. The quantitative estimate of drug-likeness (QED) is 0.0264. The number of pyridine rings is 1. The molecule has 1 aliphatic heterocycles. The first-order valence-corrected chi connectivity index (χ1v) is 33.4. The van der Waals surface area contributed by atoms with E-state index >= 15 is 0 Å². The van der Waals surface area contributed by atoms with Crippen LogP contribution in [0.3, 0.4) is 0 Å². The molecule has 3 atom stereocenters. The van der Waals surface area contributed by atoms with Crippen molar-refractivity contribution in [3.8, 4) is 79.4 Å². The highest BCUT2D eigenvalue weighted by molar-refractivity contribution is 6.31. The second-order valence-electron chi connectivity index (χ2n) is 25.0. The summed E-state index contributed by atoms with van der Waals surface area (Å²) in [6.45, 7) is 13.5. The summed E-state index contributed by atoms with van der Waals surface area (Å²) in [4.78, 5) is 24.8. The number of aliphatic hydroxyl groups excluding tert-OH is 3. The third kappa shape index (κ3) is 16.0. The molecule has 14 rings (SSSR count). The van der Waals surface area contributed by atoms with Gasteiger partial charge in [-0.25, -0.2) is 33.5 Å². The summed E-state index contributed by atoms with van der Waals surface area (Å²) in [7, 11) is 7.02. The lowest BCUT2D eigenvalue weighted by atomic mass is 10.1. The first-order chi connectivity index (χ1) is 47.6. The van der Waals surface area contributed by atoms with Crippen LogP contribution in [0, 0.1) is 0 Å². The minimum Gasteiger partial charge on any atom is -0.497 e. The average molecular weight is 1350 g/mol. The number of likely N-dealkylation sites (N-methyl/N-ethyl adjacent to an activating group) is 3. The number of hydrogen-bond acceptors (Lipinski definition) is 20. The van der Waals surface area contributed by atoms with Gasteiger partial charge in [-0.15, -0.1) is 0 Å². The number of nitrogens with zero attached hydrogens (tertiary/aromatic N) is 12. The highest BCUT2D eigenvalue weighted by Crippen LogP contribution is 2.43. The molecule has 2 fully saturated rings.